The van der Waals surface area contributed by atoms with Crippen molar-refractivity contribution in [2.45, 2.75) is 19.9 Å². The van der Waals surface area contributed by atoms with Gasteiger partial charge in [0.05, 0.1) is 0 Å². The lowest BCUT2D eigenvalue weighted by Crippen LogP contribution is -2.47. The fourth-order valence-electron chi connectivity index (χ4n) is 1.93. The third-order valence-electron chi connectivity index (χ3n) is 2.99. The van der Waals surface area contributed by atoms with Crippen molar-refractivity contribution in [2.24, 2.45) is 0 Å². The van der Waals surface area contributed by atoms with Crippen LogP contribution in [0.3, 0.4) is 0 Å². The van der Waals surface area contributed by atoms with E-state index in [0.717, 1.165) is 18.7 Å². The van der Waals surface area contributed by atoms with E-state index in [1.54, 1.807) is 0 Å². The van der Waals surface area contributed by atoms with Gasteiger partial charge in [-0.3, -0.25) is 4.79 Å². The normalized spacial score (nSPS) is 21.2. The average Bonchev–Trinajstić information content (AvgIpc) is 2.23. The molecule has 1 aliphatic rings. The maximum absolute atomic E-state index is 11.7. The molecule has 0 aromatic heterocycles. The summed E-state index contributed by atoms with van der Waals surface area (Å²) in [5.41, 5.74) is 3.52. The maximum atomic E-state index is 11.7. The van der Waals surface area contributed by atoms with Crippen molar-refractivity contribution < 1.29 is 4.79 Å². The summed E-state index contributed by atoms with van der Waals surface area (Å²) in [5.74, 6) is 0.0787. The SMILES string of the molecule is Cc1cccc(C2NCCNC2=O)c1C. The van der Waals surface area contributed by atoms with Crippen molar-refractivity contribution in [3.8, 4) is 0 Å². The number of aryl methyl sites for hydroxylation is 1. The quantitative estimate of drug-likeness (QED) is 0.718. The van der Waals surface area contributed by atoms with Crippen molar-refractivity contribution in [3.63, 3.8) is 0 Å². The minimum atomic E-state index is -0.182. The van der Waals surface area contributed by atoms with Crippen LogP contribution in [0.4, 0.5) is 0 Å². The zero-order chi connectivity index (χ0) is 10.8. The number of hydrogen-bond donors (Lipinski definition) is 2. The second kappa shape index (κ2) is 4.03. The number of carbonyl (C=O) groups excluding carboxylic acids is 1. The van der Waals surface area contributed by atoms with E-state index in [1.165, 1.54) is 11.1 Å². The second-order valence-corrected chi connectivity index (χ2v) is 3.97. The number of hydrogen-bond acceptors (Lipinski definition) is 2. The first-order valence-corrected chi connectivity index (χ1v) is 5.27. The highest BCUT2D eigenvalue weighted by Gasteiger charge is 2.24. The Kier molecular flexibility index (Phi) is 2.73. The standard InChI is InChI=1S/C12H16N2O/c1-8-4-3-5-10(9(8)2)11-12(15)14-7-6-13-11/h3-5,11,13H,6-7H2,1-2H3,(H,14,15). The van der Waals surface area contributed by atoms with Gasteiger partial charge in [0, 0.05) is 13.1 Å². The largest absolute Gasteiger partial charge is 0.353 e. The molecule has 0 spiro atoms. The number of benzene rings is 1. The van der Waals surface area contributed by atoms with Gasteiger partial charge < -0.3 is 10.6 Å². The lowest BCUT2D eigenvalue weighted by Gasteiger charge is -2.25. The van der Waals surface area contributed by atoms with Crippen molar-refractivity contribution >= 4 is 5.91 Å². The molecule has 2 rings (SSSR count). The van der Waals surface area contributed by atoms with Crippen LogP contribution in [0.2, 0.25) is 0 Å². The van der Waals surface area contributed by atoms with Gasteiger partial charge >= 0.3 is 0 Å². The molecule has 3 heteroatoms. The first-order chi connectivity index (χ1) is 7.20. The molecule has 1 fully saturated rings. The van der Waals surface area contributed by atoms with Crippen LogP contribution in [0, 0.1) is 13.8 Å². The van der Waals surface area contributed by atoms with Crippen LogP contribution in [0.1, 0.15) is 22.7 Å². The molecule has 3 nitrogen and oxygen atoms in total. The molecule has 0 saturated carbocycles. The molecular weight excluding hydrogens is 188 g/mol. The van der Waals surface area contributed by atoms with Gasteiger partial charge in [0.1, 0.15) is 6.04 Å². The minimum Gasteiger partial charge on any atom is -0.353 e. The van der Waals surface area contributed by atoms with Gasteiger partial charge in [-0.25, -0.2) is 0 Å². The Hall–Kier alpha value is -1.35. The summed E-state index contributed by atoms with van der Waals surface area (Å²) in [7, 11) is 0. The first kappa shape index (κ1) is 10.2. The van der Waals surface area contributed by atoms with Crippen LogP contribution in [0.25, 0.3) is 0 Å². The third-order valence-corrected chi connectivity index (χ3v) is 2.99. The van der Waals surface area contributed by atoms with E-state index in [2.05, 4.69) is 30.5 Å². The van der Waals surface area contributed by atoms with Gasteiger partial charge in [-0.1, -0.05) is 18.2 Å². The van der Waals surface area contributed by atoms with Crippen LogP contribution < -0.4 is 10.6 Å². The Bertz CT molecular complexity index is 387. The predicted molar refractivity (Wildman–Crippen MR) is 59.7 cm³/mol. The van der Waals surface area contributed by atoms with Crippen LogP contribution in [0.15, 0.2) is 18.2 Å². The monoisotopic (exact) mass is 204 g/mol. The lowest BCUT2D eigenvalue weighted by atomic mass is 9.96. The van der Waals surface area contributed by atoms with Gasteiger partial charge in [-0.05, 0) is 30.5 Å². The number of nitrogens with one attached hydrogen (secondary N) is 2. The summed E-state index contributed by atoms with van der Waals surface area (Å²) in [4.78, 5) is 11.7. The van der Waals surface area contributed by atoms with Crippen LogP contribution in [0.5, 0.6) is 0 Å². The molecule has 1 heterocycles. The molecule has 2 N–H and O–H groups in total. The number of carbonyl (C=O) groups is 1. The molecule has 1 aliphatic heterocycles. The molecule has 1 saturated heterocycles. The zero-order valence-corrected chi connectivity index (χ0v) is 9.13. The number of amides is 1. The Labute approximate surface area is 89.9 Å². The fourth-order valence-corrected chi connectivity index (χ4v) is 1.93. The summed E-state index contributed by atoms with van der Waals surface area (Å²) < 4.78 is 0. The van der Waals surface area contributed by atoms with Gasteiger partial charge in [0.25, 0.3) is 0 Å². The Morgan fingerprint density at radius 1 is 1.27 bits per heavy atom. The van der Waals surface area contributed by atoms with Gasteiger partial charge in [0.2, 0.25) is 5.91 Å². The fraction of sp³-hybridized carbons (Fsp3) is 0.417. The van der Waals surface area contributed by atoms with Crippen LogP contribution in [-0.2, 0) is 4.79 Å². The molecule has 0 radical (unpaired) electrons. The second-order valence-electron chi connectivity index (χ2n) is 3.97. The van der Waals surface area contributed by atoms with Crippen LogP contribution in [-0.4, -0.2) is 19.0 Å². The summed E-state index contributed by atoms with van der Waals surface area (Å²) in [6, 6.07) is 5.91. The summed E-state index contributed by atoms with van der Waals surface area (Å²) in [6.07, 6.45) is 0. The lowest BCUT2D eigenvalue weighted by molar-refractivity contribution is -0.124. The molecule has 1 amide bonds. The van der Waals surface area contributed by atoms with Crippen molar-refractivity contribution in [2.75, 3.05) is 13.1 Å². The van der Waals surface area contributed by atoms with Gasteiger partial charge in [0.15, 0.2) is 0 Å². The van der Waals surface area contributed by atoms with Crippen molar-refractivity contribution in [1.82, 2.24) is 10.6 Å². The molecule has 1 atom stereocenters. The zero-order valence-electron chi connectivity index (χ0n) is 9.13. The topological polar surface area (TPSA) is 41.1 Å². The van der Waals surface area contributed by atoms with Crippen LogP contribution >= 0.6 is 0 Å². The van der Waals surface area contributed by atoms with E-state index < -0.39 is 0 Å². The van der Waals surface area contributed by atoms with E-state index in [1.807, 2.05) is 12.1 Å². The van der Waals surface area contributed by atoms with E-state index in [4.69, 9.17) is 0 Å². The van der Waals surface area contributed by atoms with Crippen molar-refractivity contribution in [1.29, 1.82) is 0 Å². The van der Waals surface area contributed by atoms with E-state index in [9.17, 15) is 4.79 Å². The smallest absolute Gasteiger partial charge is 0.241 e. The number of piperazine rings is 1. The third kappa shape index (κ3) is 1.88. The molecule has 1 aromatic rings. The van der Waals surface area contributed by atoms with E-state index >= 15 is 0 Å². The van der Waals surface area contributed by atoms with E-state index in [-0.39, 0.29) is 11.9 Å². The highest BCUT2D eigenvalue weighted by Crippen LogP contribution is 2.21. The molecular formula is C12H16N2O. The minimum absolute atomic E-state index is 0.0787. The Balaban J connectivity index is 2.35. The first-order valence-electron chi connectivity index (χ1n) is 5.27. The predicted octanol–water partition coefficient (Wildman–Crippen LogP) is 1.06. The van der Waals surface area contributed by atoms with Crippen molar-refractivity contribution in [3.05, 3.63) is 34.9 Å². The molecule has 80 valence electrons. The van der Waals surface area contributed by atoms with E-state index in [0.29, 0.717) is 0 Å². The average molecular weight is 204 g/mol. The Morgan fingerprint density at radius 2 is 2.07 bits per heavy atom. The molecule has 0 bridgehead atoms. The maximum Gasteiger partial charge on any atom is 0.241 e. The highest BCUT2D eigenvalue weighted by atomic mass is 16.2. The Morgan fingerprint density at radius 3 is 2.80 bits per heavy atom. The number of rotatable bonds is 1. The molecule has 15 heavy (non-hydrogen) atoms. The molecule has 1 unspecified atom stereocenters. The summed E-state index contributed by atoms with van der Waals surface area (Å²) in [5, 5.41) is 6.12. The molecule has 1 aromatic carbocycles. The van der Waals surface area contributed by atoms with Gasteiger partial charge in [-0.15, -0.1) is 0 Å². The molecule has 0 aliphatic carbocycles. The summed E-state index contributed by atoms with van der Waals surface area (Å²) >= 11 is 0. The highest BCUT2D eigenvalue weighted by molar-refractivity contribution is 5.84. The summed E-state index contributed by atoms with van der Waals surface area (Å²) in [6.45, 7) is 5.69. The van der Waals surface area contributed by atoms with Gasteiger partial charge in [-0.2, -0.15) is 0 Å².